The maximum absolute atomic E-state index is 12.9. The molecule has 1 aliphatic heterocycles. The number of nitrogens with one attached hydrogen (secondary N) is 1. The molecule has 1 N–H and O–H groups in total. The molecule has 32 heavy (non-hydrogen) atoms. The number of benzene rings is 2. The highest BCUT2D eigenvalue weighted by Gasteiger charge is 2.19. The highest BCUT2D eigenvalue weighted by molar-refractivity contribution is 6.03. The van der Waals surface area contributed by atoms with E-state index in [0.717, 1.165) is 49.7 Å². The normalized spacial score (nSPS) is 14.4. The molecule has 7 heteroatoms. The van der Waals surface area contributed by atoms with Crippen LogP contribution in [0.3, 0.4) is 0 Å². The number of carbonyl (C=O) groups is 1. The molecule has 3 aromatic rings. The van der Waals surface area contributed by atoms with Gasteiger partial charge in [0.2, 0.25) is 5.43 Å². The number of carbonyl (C=O) groups excluding carboxylic acids is 1. The third-order valence-corrected chi connectivity index (χ3v) is 5.97. The molecule has 0 radical (unpaired) electrons. The van der Waals surface area contributed by atoms with E-state index in [1.165, 1.54) is 6.07 Å². The SMILES string of the molecule is CCN1CCN(c2ccc(NC(=O)c3nn(-c4ccccc4)c(C)cc3=O)c(C)c2)CC1. The molecule has 1 fully saturated rings. The van der Waals surface area contributed by atoms with Gasteiger partial charge in [0.15, 0.2) is 5.69 Å². The Labute approximate surface area is 188 Å². The van der Waals surface area contributed by atoms with Crippen LogP contribution in [0, 0.1) is 13.8 Å². The number of piperazine rings is 1. The van der Waals surface area contributed by atoms with E-state index in [9.17, 15) is 9.59 Å². The predicted molar refractivity (Wildman–Crippen MR) is 128 cm³/mol. The molecular formula is C25H29N5O2. The van der Waals surface area contributed by atoms with Crippen molar-refractivity contribution < 1.29 is 4.79 Å². The molecule has 1 aromatic heterocycles. The minimum absolute atomic E-state index is 0.126. The first kappa shape index (κ1) is 21.8. The summed E-state index contributed by atoms with van der Waals surface area (Å²) in [7, 11) is 0. The van der Waals surface area contributed by atoms with Gasteiger partial charge >= 0.3 is 0 Å². The maximum Gasteiger partial charge on any atom is 0.280 e. The van der Waals surface area contributed by atoms with E-state index in [-0.39, 0.29) is 5.69 Å². The van der Waals surface area contributed by atoms with Crippen LogP contribution in [0.15, 0.2) is 59.4 Å². The van der Waals surface area contributed by atoms with Crippen LogP contribution in [0.5, 0.6) is 0 Å². The monoisotopic (exact) mass is 431 g/mol. The van der Waals surface area contributed by atoms with E-state index >= 15 is 0 Å². The van der Waals surface area contributed by atoms with Crippen LogP contribution in [0.25, 0.3) is 5.69 Å². The molecule has 2 aromatic carbocycles. The summed E-state index contributed by atoms with van der Waals surface area (Å²) in [4.78, 5) is 30.2. The van der Waals surface area contributed by atoms with Crippen molar-refractivity contribution in [1.29, 1.82) is 0 Å². The quantitative estimate of drug-likeness (QED) is 0.672. The summed E-state index contributed by atoms with van der Waals surface area (Å²) in [6.07, 6.45) is 0. The molecule has 1 amide bonds. The van der Waals surface area contributed by atoms with E-state index < -0.39 is 11.3 Å². The Hall–Kier alpha value is -3.45. The predicted octanol–water partition coefficient (Wildman–Crippen LogP) is 3.24. The van der Waals surface area contributed by atoms with Gasteiger partial charge in [-0.2, -0.15) is 5.10 Å². The lowest BCUT2D eigenvalue weighted by molar-refractivity contribution is 0.101. The highest BCUT2D eigenvalue weighted by Crippen LogP contribution is 2.24. The van der Waals surface area contributed by atoms with Crippen molar-refractivity contribution in [2.24, 2.45) is 0 Å². The molecule has 0 aliphatic carbocycles. The van der Waals surface area contributed by atoms with Gasteiger partial charge in [-0.25, -0.2) is 4.68 Å². The van der Waals surface area contributed by atoms with E-state index in [0.29, 0.717) is 11.4 Å². The number of nitrogens with zero attached hydrogens (tertiary/aromatic N) is 4. The molecule has 0 unspecified atom stereocenters. The summed E-state index contributed by atoms with van der Waals surface area (Å²) in [5.74, 6) is -0.507. The Kier molecular flexibility index (Phi) is 6.37. The summed E-state index contributed by atoms with van der Waals surface area (Å²) in [5.41, 5.74) is 3.72. The topological polar surface area (TPSA) is 70.5 Å². The third-order valence-electron chi connectivity index (χ3n) is 5.97. The fourth-order valence-electron chi connectivity index (χ4n) is 4.02. The molecule has 166 valence electrons. The Balaban J connectivity index is 1.54. The molecule has 0 bridgehead atoms. The lowest BCUT2D eigenvalue weighted by Gasteiger charge is -2.35. The Morgan fingerprint density at radius 1 is 0.969 bits per heavy atom. The Bertz CT molecular complexity index is 1160. The number of aromatic nitrogens is 2. The van der Waals surface area contributed by atoms with Crippen LogP contribution in [0.4, 0.5) is 11.4 Å². The summed E-state index contributed by atoms with van der Waals surface area (Å²) < 4.78 is 1.61. The van der Waals surface area contributed by atoms with Gasteiger partial charge in [-0.15, -0.1) is 0 Å². The number of rotatable bonds is 5. The first-order valence-electron chi connectivity index (χ1n) is 11.0. The van der Waals surface area contributed by atoms with Gasteiger partial charge in [-0.3, -0.25) is 9.59 Å². The zero-order chi connectivity index (χ0) is 22.7. The first-order valence-corrected chi connectivity index (χ1v) is 11.0. The summed E-state index contributed by atoms with van der Waals surface area (Å²) in [5, 5.41) is 7.22. The van der Waals surface area contributed by atoms with Crippen molar-refractivity contribution in [2.45, 2.75) is 20.8 Å². The molecule has 0 saturated carbocycles. The van der Waals surface area contributed by atoms with Crippen molar-refractivity contribution in [3.63, 3.8) is 0 Å². The fraction of sp³-hybridized carbons (Fsp3) is 0.320. The average molecular weight is 432 g/mol. The maximum atomic E-state index is 12.9. The summed E-state index contributed by atoms with van der Waals surface area (Å²) >= 11 is 0. The van der Waals surface area contributed by atoms with E-state index in [2.05, 4.69) is 33.2 Å². The number of aryl methyl sites for hydroxylation is 2. The van der Waals surface area contributed by atoms with Crippen molar-refractivity contribution >= 4 is 17.3 Å². The van der Waals surface area contributed by atoms with Crippen LogP contribution >= 0.6 is 0 Å². The van der Waals surface area contributed by atoms with Crippen LogP contribution in [-0.4, -0.2) is 53.3 Å². The molecule has 2 heterocycles. The third kappa shape index (κ3) is 4.57. The van der Waals surface area contributed by atoms with Crippen LogP contribution in [0.1, 0.15) is 28.7 Å². The van der Waals surface area contributed by atoms with Gasteiger partial charge < -0.3 is 15.1 Å². The zero-order valence-electron chi connectivity index (χ0n) is 18.8. The minimum Gasteiger partial charge on any atom is -0.369 e. The molecule has 1 aliphatic rings. The van der Waals surface area contributed by atoms with Gasteiger partial charge in [-0.05, 0) is 56.3 Å². The minimum atomic E-state index is -0.507. The Morgan fingerprint density at radius 3 is 2.34 bits per heavy atom. The number of hydrogen-bond donors (Lipinski definition) is 1. The number of para-hydroxylation sites is 1. The average Bonchev–Trinajstić information content (AvgIpc) is 2.81. The van der Waals surface area contributed by atoms with Gasteiger partial charge in [0.1, 0.15) is 0 Å². The Morgan fingerprint density at radius 2 is 1.69 bits per heavy atom. The van der Waals surface area contributed by atoms with Crippen LogP contribution in [-0.2, 0) is 0 Å². The number of anilines is 2. The number of hydrogen-bond acceptors (Lipinski definition) is 5. The van der Waals surface area contributed by atoms with Gasteiger partial charge in [0, 0.05) is 49.3 Å². The fourth-order valence-corrected chi connectivity index (χ4v) is 4.02. The van der Waals surface area contributed by atoms with E-state index in [1.54, 1.807) is 11.6 Å². The largest absolute Gasteiger partial charge is 0.369 e. The van der Waals surface area contributed by atoms with E-state index in [1.807, 2.05) is 49.4 Å². The zero-order valence-corrected chi connectivity index (χ0v) is 18.8. The first-order chi connectivity index (χ1) is 15.5. The summed E-state index contributed by atoms with van der Waals surface area (Å²) in [6, 6.07) is 16.9. The van der Waals surface area contributed by atoms with Crippen LogP contribution in [0.2, 0.25) is 0 Å². The molecule has 0 atom stereocenters. The van der Waals surface area contributed by atoms with Gasteiger partial charge in [-0.1, -0.05) is 25.1 Å². The standard InChI is InChI=1S/C25H29N5O2/c1-4-28-12-14-29(15-13-28)21-10-11-22(18(2)16-21)26-25(32)24-23(31)17-19(3)30(27-24)20-8-6-5-7-9-20/h5-11,16-17H,4,12-15H2,1-3H3,(H,26,32). The van der Waals surface area contributed by atoms with Crippen molar-refractivity contribution in [3.05, 3.63) is 81.8 Å². The van der Waals surface area contributed by atoms with E-state index in [4.69, 9.17) is 0 Å². The number of amides is 1. The molecule has 4 rings (SSSR count). The lowest BCUT2D eigenvalue weighted by atomic mass is 10.1. The molecule has 0 spiro atoms. The smallest absolute Gasteiger partial charge is 0.280 e. The molecule has 7 nitrogen and oxygen atoms in total. The highest BCUT2D eigenvalue weighted by atomic mass is 16.2. The van der Waals surface area contributed by atoms with Crippen molar-refractivity contribution in [1.82, 2.24) is 14.7 Å². The second kappa shape index (κ2) is 9.36. The van der Waals surface area contributed by atoms with Crippen molar-refractivity contribution in [2.75, 3.05) is 42.9 Å². The molecular weight excluding hydrogens is 402 g/mol. The van der Waals surface area contributed by atoms with Gasteiger partial charge in [0.05, 0.1) is 5.69 Å². The lowest BCUT2D eigenvalue weighted by Crippen LogP contribution is -2.46. The number of likely N-dealkylation sites (N-methyl/N-ethyl adjacent to an activating group) is 1. The molecule has 1 saturated heterocycles. The van der Waals surface area contributed by atoms with Crippen molar-refractivity contribution in [3.8, 4) is 5.69 Å². The van der Waals surface area contributed by atoms with Gasteiger partial charge in [0.25, 0.3) is 5.91 Å². The summed E-state index contributed by atoms with van der Waals surface area (Å²) in [6.45, 7) is 11.1. The van der Waals surface area contributed by atoms with Crippen LogP contribution < -0.4 is 15.6 Å². The second-order valence-corrected chi connectivity index (χ2v) is 8.12. The second-order valence-electron chi connectivity index (χ2n) is 8.12.